The van der Waals surface area contributed by atoms with E-state index < -0.39 is 18.4 Å². The summed E-state index contributed by atoms with van der Waals surface area (Å²) >= 11 is 0. The summed E-state index contributed by atoms with van der Waals surface area (Å²) in [6.07, 6.45) is 0.981. The van der Waals surface area contributed by atoms with Crippen LogP contribution < -0.4 is 4.74 Å². The maximum Gasteiger partial charge on any atom is 0.314 e. The van der Waals surface area contributed by atoms with E-state index in [1.165, 1.54) is 0 Å². The first-order chi connectivity index (χ1) is 9.02. The number of ether oxygens (including phenoxy) is 1. The number of rotatable bonds is 3. The number of hydrogen-bond donors (Lipinski definition) is 2. The van der Waals surface area contributed by atoms with Gasteiger partial charge < -0.3 is 14.9 Å². The highest BCUT2D eigenvalue weighted by Gasteiger charge is 2.01. The van der Waals surface area contributed by atoms with Gasteiger partial charge in [-0.15, -0.1) is 0 Å². The summed E-state index contributed by atoms with van der Waals surface area (Å²) in [6.45, 7) is 0. The van der Waals surface area contributed by atoms with Crippen LogP contribution in [0.25, 0.3) is 10.9 Å². The number of nitrogens with zero attached hydrogens (tertiary/aromatic N) is 1. The minimum Gasteiger partial charge on any atom is -0.497 e. The molecule has 0 bridgehead atoms. The highest BCUT2D eigenvalue weighted by molar-refractivity contribution is 5.88. The lowest BCUT2D eigenvalue weighted by Crippen LogP contribution is -2.03. The van der Waals surface area contributed by atoms with Crippen LogP contribution in [0.1, 0.15) is 6.42 Å². The molecule has 2 N–H and O–H groups in total. The monoisotopic (exact) mass is 263 g/mol. The van der Waals surface area contributed by atoms with Gasteiger partial charge in [0.15, 0.2) is 0 Å². The summed E-state index contributed by atoms with van der Waals surface area (Å²) in [5.74, 6) is -1.75. The second kappa shape index (κ2) is 6.95. The molecule has 0 radical (unpaired) electrons. The van der Waals surface area contributed by atoms with Crippen molar-refractivity contribution in [2.75, 3.05) is 7.11 Å². The normalized spacial score (nSPS) is 9.32. The number of carbonyl (C=O) groups is 2. The molecule has 100 valence electrons. The van der Waals surface area contributed by atoms with Gasteiger partial charge in [-0.05, 0) is 24.3 Å². The van der Waals surface area contributed by atoms with Crippen molar-refractivity contribution in [2.24, 2.45) is 0 Å². The molecule has 0 spiro atoms. The van der Waals surface area contributed by atoms with Gasteiger partial charge in [0.1, 0.15) is 12.2 Å². The number of methoxy groups -OCH3 is 1. The first-order valence-corrected chi connectivity index (χ1v) is 5.35. The predicted molar refractivity (Wildman–Crippen MR) is 68.2 cm³/mol. The van der Waals surface area contributed by atoms with Gasteiger partial charge in [-0.3, -0.25) is 14.6 Å². The summed E-state index contributed by atoms with van der Waals surface area (Å²) in [4.78, 5) is 23.1. The second-order valence-electron chi connectivity index (χ2n) is 3.53. The summed E-state index contributed by atoms with van der Waals surface area (Å²) in [5.41, 5.74) is 0.998. The van der Waals surface area contributed by atoms with Crippen molar-refractivity contribution < 1.29 is 24.5 Å². The zero-order chi connectivity index (χ0) is 14.3. The number of carboxylic acid groups (broad SMARTS) is 2. The molecule has 1 heterocycles. The number of fused-ring (bicyclic) bond motifs is 1. The van der Waals surface area contributed by atoms with Crippen molar-refractivity contribution >= 4 is 22.8 Å². The predicted octanol–water partition coefficient (Wildman–Crippen LogP) is 1.79. The minimum atomic E-state index is -1.31. The van der Waals surface area contributed by atoms with Gasteiger partial charge in [-0.2, -0.15) is 0 Å². The molecule has 0 aliphatic rings. The third-order valence-corrected chi connectivity index (χ3v) is 2.11. The zero-order valence-corrected chi connectivity index (χ0v) is 10.2. The van der Waals surface area contributed by atoms with Crippen LogP contribution in [0, 0.1) is 0 Å². The topological polar surface area (TPSA) is 96.7 Å². The van der Waals surface area contributed by atoms with Gasteiger partial charge in [-0.25, -0.2) is 0 Å². The molecular formula is C13H13NO5. The molecular weight excluding hydrogens is 250 g/mol. The molecule has 0 unspecified atom stereocenters. The Bertz CT molecular complexity index is 570. The molecule has 1 aromatic carbocycles. The van der Waals surface area contributed by atoms with E-state index in [0.717, 1.165) is 16.7 Å². The minimum absolute atomic E-state index is 0.806. The van der Waals surface area contributed by atoms with Crippen molar-refractivity contribution in [3.8, 4) is 5.75 Å². The molecule has 0 saturated heterocycles. The fraction of sp³-hybridized carbons (Fsp3) is 0.154. The van der Waals surface area contributed by atoms with Gasteiger partial charge in [0.2, 0.25) is 0 Å². The van der Waals surface area contributed by atoms with E-state index in [2.05, 4.69) is 4.98 Å². The highest BCUT2D eigenvalue weighted by atomic mass is 16.5. The summed E-state index contributed by atoms with van der Waals surface area (Å²) in [7, 11) is 1.66. The Morgan fingerprint density at radius 1 is 1.21 bits per heavy atom. The number of carboxylic acids is 2. The van der Waals surface area contributed by atoms with Crippen molar-refractivity contribution in [3.05, 3.63) is 36.5 Å². The zero-order valence-electron chi connectivity index (χ0n) is 10.2. The summed E-state index contributed by atoms with van der Waals surface area (Å²) in [5, 5.41) is 16.5. The SMILES string of the molecule is COc1ccc2ncccc2c1.O=C(O)CC(=O)O. The Morgan fingerprint density at radius 3 is 2.42 bits per heavy atom. The van der Waals surface area contributed by atoms with Crippen molar-refractivity contribution in [1.82, 2.24) is 4.98 Å². The quantitative estimate of drug-likeness (QED) is 0.819. The lowest BCUT2D eigenvalue weighted by atomic mass is 10.2. The molecule has 6 nitrogen and oxygen atoms in total. The number of benzene rings is 1. The maximum absolute atomic E-state index is 9.43. The first-order valence-electron chi connectivity index (χ1n) is 5.35. The fourth-order valence-corrected chi connectivity index (χ4v) is 1.31. The van der Waals surface area contributed by atoms with Crippen LogP contribution in [0.3, 0.4) is 0 Å². The van der Waals surface area contributed by atoms with E-state index in [4.69, 9.17) is 14.9 Å². The Hall–Kier alpha value is -2.63. The Balaban J connectivity index is 0.000000224. The third kappa shape index (κ3) is 5.03. The fourth-order valence-electron chi connectivity index (χ4n) is 1.31. The standard InChI is InChI=1S/C10H9NO.C3H4O4/c1-12-9-4-5-10-8(7-9)3-2-6-11-10;4-2(5)1-3(6)7/h2-7H,1H3;1H2,(H,4,5)(H,6,7). The molecule has 19 heavy (non-hydrogen) atoms. The van der Waals surface area contributed by atoms with Crippen LogP contribution in [0.5, 0.6) is 5.75 Å². The number of hydrogen-bond acceptors (Lipinski definition) is 4. The highest BCUT2D eigenvalue weighted by Crippen LogP contribution is 2.17. The molecule has 2 aromatic rings. The molecule has 1 aromatic heterocycles. The van der Waals surface area contributed by atoms with Crippen LogP contribution in [0.15, 0.2) is 36.5 Å². The second-order valence-corrected chi connectivity index (χ2v) is 3.53. The molecule has 2 rings (SSSR count). The van der Waals surface area contributed by atoms with Gasteiger partial charge in [0, 0.05) is 11.6 Å². The molecule has 0 saturated carbocycles. The van der Waals surface area contributed by atoms with Gasteiger partial charge in [0.25, 0.3) is 0 Å². The molecule has 0 amide bonds. The molecule has 0 atom stereocenters. The van der Waals surface area contributed by atoms with Gasteiger partial charge in [-0.1, -0.05) is 6.07 Å². The number of aliphatic carboxylic acids is 2. The first kappa shape index (κ1) is 14.4. The van der Waals surface area contributed by atoms with E-state index in [1.807, 2.05) is 30.3 Å². The van der Waals surface area contributed by atoms with Crippen LogP contribution in [0.2, 0.25) is 0 Å². The van der Waals surface area contributed by atoms with Crippen LogP contribution in [0.4, 0.5) is 0 Å². The van der Waals surface area contributed by atoms with Gasteiger partial charge >= 0.3 is 11.9 Å². The Kier molecular flexibility index (Phi) is 5.28. The van der Waals surface area contributed by atoms with E-state index in [0.29, 0.717) is 0 Å². The van der Waals surface area contributed by atoms with Crippen molar-refractivity contribution in [3.63, 3.8) is 0 Å². The molecule has 0 aliphatic carbocycles. The maximum atomic E-state index is 9.43. The molecule has 6 heteroatoms. The molecule has 0 fully saturated rings. The average Bonchev–Trinajstić information content (AvgIpc) is 2.37. The number of aromatic nitrogens is 1. The largest absolute Gasteiger partial charge is 0.497 e. The molecule has 0 aliphatic heterocycles. The van der Waals surface area contributed by atoms with E-state index in [1.54, 1.807) is 13.3 Å². The van der Waals surface area contributed by atoms with Crippen LogP contribution in [-0.2, 0) is 9.59 Å². The van der Waals surface area contributed by atoms with Gasteiger partial charge in [0.05, 0.1) is 12.6 Å². The van der Waals surface area contributed by atoms with Crippen LogP contribution in [-0.4, -0.2) is 34.2 Å². The summed E-state index contributed by atoms with van der Waals surface area (Å²) < 4.78 is 5.09. The average molecular weight is 263 g/mol. The van der Waals surface area contributed by atoms with Crippen molar-refractivity contribution in [1.29, 1.82) is 0 Å². The van der Waals surface area contributed by atoms with E-state index in [9.17, 15) is 9.59 Å². The third-order valence-electron chi connectivity index (χ3n) is 2.11. The van der Waals surface area contributed by atoms with Crippen molar-refractivity contribution in [2.45, 2.75) is 6.42 Å². The lowest BCUT2D eigenvalue weighted by molar-refractivity contribution is -0.147. The number of pyridine rings is 1. The lowest BCUT2D eigenvalue weighted by Gasteiger charge is -2.00. The Labute approximate surface area is 109 Å². The summed E-state index contributed by atoms with van der Waals surface area (Å²) in [6, 6.07) is 9.78. The van der Waals surface area contributed by atoms with E-state index >= 15 is 0 Å². The van der Waals surface area contributed by atoms with E-state index in [-0.39, 0.29) is 0 Å². The van der Waals surface area contributed by atoms with Crippen LogP contribution >= 0.6 is 0 Å². The Morgan fingerprint density at radius 2 is 1.89 bits per heavy atom. The smallest absolute Gasteiger partial charge is 0.314 e.